The number of hydrogen-bond donors (Lipinski definition) is 1. The first-order valence-corrected chi connectivity index (χ1v) is 7.10. The molecule has 1 aliphatic heterocycles. The van der Waals surface area contributed by atoms with Gasteiger partial charge in [0.05, 0.1) is 33.0 Å². The van der Waals surface area contributed by atoms with Gasteiger partial charge in [-0.15, -0.1) is 0 Å². The third kappa shape index (κ3) is 7.30. The summed E-state index contributed by atoms with van der Waals surface area (Å²) < 4.78 is 15.3. The standard InChI is InChI=1S/C14H22N2O6/c1-20-8-9-22-11-10-21-7-5-15-12(17)4-6-16-13(18)2-3-14(16)19/h2-3H,4-11H2,1H3,(H,15,17). The van der Waals surface area contributed by atoms with Gasteiger partial charge < -0.3 is 19.5 Å². The zero-order chi connectivity index (χ0) is 16.2. The lowest BCUT2D eigenvalue weighted by atomic mass is 10.3. The molecule has 0 atom stereocenters. The Morgan fingerprint density at radius 1 is 1.05 bits per heavy atom. The molecule has 1 heterocycles. The zero-order valence-electron chi connectivity index (χ0n) is 12.7. The monoisotopic (exact) mass is 314 g/mol. The summed E-state index contributed by atoms with van der Waals surface area (Å²) in [6, 6.07) is 0. The lowest BCUT2D eigenvalue weighted by Crippen LogP contribution is -2.35. The summed E-state index contributed by atoms with van der Waals surface area (Å²) in [4.78, 5) is 35.1. The Labute approximate surface area is 129 Å². The van der Waals surface area contributed by atoms with Crippen LogP contribution in [0.15, 0.2) is 12.2 Å². The molecule has 124 valence electrons. The predicted molar refractivity (Wildman–Crippen MR) is 77.0 cm³/mol. The van der Waals surface area contributed by atoms with Gasteiger partial charge in [-0.05, 0) is 0 Å². The maximum atomic E-state index is 11.5. The SMILES string of the molecule is COCCOCCOCCNC(=O)CCN1C(=O)C=CC1=O. The molecule has 0 aromatic rings. The van der Waals surface area contributed by atoms with Gasteiger partial charge in [-0.1, -0.05) is 0 Å². The van der Waals surface area contributed by atoms with Crippen molar-refractivity contribution in [3.8, 4) is 0 Å². The van der Waals surface area contributed by atoms with E-state index in [1.807, 2.05) is 0 Å². The summed E-state index contributed by atoms with van der Waals surface area (Å²) in [7, 11) is 1.61. The van der Waals surface area contributed by atoms with Gasteiger partial charge >= 0.3 is 0 Å². The van der Waals surface area contributed by atoms with Crippen LogP contribution in [0.1, 0.15) is 6.42 Å². The van der Waals surface area contributed by atoms with E-state index < -0.39 is 0 Å². The van der Waals surface area contributed by atoms with E-state index in [0.717, 1.165) is 4.90 Å². The van der Waals surface area contributed by atoms with Crippen LogP contribution in [0.2, 0.25) is 0 Å². The molecule has 0 fully saturated rings. The van der Waals surface area contributed by atoms with E-state index in [1.165, 1.54) is 12.2 Å². The third-order valence-corrected chi connectivity index (χ3v) is 2.84. The Morgan fingerprint density at radius 2 is 1.64 bits per heavy atom. The minimum Gasteiger partial charge on any atom is -0.382 e. The minimum absolute atomic E-state index is 0.0826. The normalized spacial score (nSPS) is 14.0. The van der Waals surface area contributed by atoms with Crippen LogP contribution in [0.5, 0.6) is 0 Å². The second-order valence-corrected chi connectivity index (χ2v) is 4.48. The Hall–Kier alpha value is -1.77. The van der Waals surface area contributed by atoms with Crippen molar-refractivity contribution >= 4 is 17.7 Å². The number of methoxy groups -OCH3 is 1. The molecule has 0 spiro atoms. The molecule has 1 aliphatic rings. The first-order chi connectivity index (χ1) is 10.6. The summed E-state index contributed by atoms with van der Waals surface area (Å²) in [5.74, 6) is -0.989. The molecule has 3 amide bonds. The highest BCUT2D eigenvalue weighted by atomic mass is 16.5. The van der Waals surface area contributed by atoms with Crippen LogP contribution >= 0.6 is 0 Å². The Morgan fingerprint density at radius 3 is 2.27 bits per heavy atom. The van der Waals surface area contributed by atoms with Crippen molar-refractivity contribution in [2.45, 2.75) is 6.42 Å². The van der Waals surface area contributed by atoms with E-state index in [0.29, 0.717) is 39.6 Å². The van der Waals surface area contributed by atoms with Crippen LogP contribution in [0, 0.1) is 0 Å². The van der Waals surface area contributed by atoms with E-state index in [4.69, 9.17) is 14.2 Å². The highest BCUT2D eigenvalue weighted by Gasteiger charge is 2.23. The van der Waals surface area contributed by atoms with Crippen molar-refractivity contribution in [3.05, 3.63) is 12.2 Å². The molecule has 1 rings (SSSR count). The molecule has 0 radical (unpaired) electrons. The largest absolute Gasteiger partial charge is 0.382 e. The third-order valence-electron chi connectivity index (χ3n) is 2.84. The van der Waals surface area contributed by atoms with E-state index in [9.17, 15) is 14.4 Å². The quantitative estimate of drug-likeness (QED) is 0.370. The maximum absolute atomic E-state index is 11.5. The summed E-state index contributed by atoms with van der Waals surface area (Å²) in [5, 5.41) is 2.65. The lowest BCUT2D eigenvalue weighted by Gasteiger charge is -2.13. The number of carbonyl (C=O) groups is 3. The van der Waals surface area contributed by atoms with Gasteiger partial charge in [0.15, 0.2) is 0 Å². The molecule has 8 heteroatoms. The number of carbonyl (C=O) groups excluding carboxylic acids is 3. The van der Waals surface area contributed by atoms with Crippen molar-refractivity contribution < 1.29 is 28.6 Å². The first kappa shape index (κ1) is 18.3. The number of amides is 3. The molecule has 1 N–H and O–H groups in total. The Kier molecular flexibility index (Phi) is 9.04. The second kappa shape index (κ2) is 10.9. The molecule has 22 heavy (non-hydrogen) atoms. The first-order valence-electron chi connectivity index (χ1n) is 7.10. The second-order valence-electron chi connectivity index (χ2n) is 4.48. The molecular weight excluding hydrogens is 292 g/mol. The fourth-order valence-corrected chi connectivity index (χ4v) is 1.68. The number of rotatable bonds is 12. The van der Waals surface area contributed by atoms with Gasteiger partial charge in [0.2, 0.25) is 5.91 Å². The van der Waals surface area contributed by atoms with Crippen LogP contribution in [-0.4, -0.2) is 75.9 Å². The smallest absolute Gasteiger partial charge is 0.253 e. The van der Waals surface area contributed by atoms with Gasteiger partial charge in [0.1, 0.15) is 0 Å². The van der Waals surface area contributed by atoms with Gasteiger partial charge in [-0.2, -0.15) is 0 Å². The van der Waals surface area contributed by atoms with Crippen LogP contribution in [0.25, 0.3) is 0 Å². The van der Waals surface area contributed by atoms with E-state index in [-0.39, 0.29) is 30.7 Å². The molecule has 0 aliphatic carbocycles. The Bertz CT molecular complexity index is 392. The van der Waals surface area contributed by atoms with Crippen molar-refractivity contribution in [2.75, 3.05) is 53.2 Å². The molecule has 0 unspecified atom stereocenters. The van der Waals surface area contributed by atoms with Gasteiger partial charge in [-0.3, -0.25) is 19.3 Å². The maximum Gasteiger partial charge on any atom is 0.253 e. The van der Waals surface area contributed by atoms with Crippen LogP contribution in [-0.2, 0) is 28.6 Å². The Balaban J connectivity index is 1.93. The van der Waals surface area contributed by atoms with Gasteiger partial charge in [0, 0.05) is 38.8 Å². The molecule has 0 saturated heterocycles. The van der Waals surface area contributed by atoms with Crippen LogP contribution in [0.3, 0.4) is 0 Å². The van der Waals surface area contributed by atoms with E-state index >= 15 is 0 Å². The number of ether oxygens (including phenoxy) is 3. The lowest BCUT2D eigenvalue weighted by molar-refractivity contribution is -0.137. The summed E-state index contributed by atoms with van der Waals surface area (Å²) >= 11 is 0. The van der Waals surface area contributed by atoms with E-state index in [1.54, 1.807) is 7.11 Å². The van der Waals surface area contributed by atoms with Crippen molar-refractivity contribution in [2.24, 2.45) is 0 Å². The molecule has 0 aromatic heterocycles. The highest BCUT2D eigenvalue weighted by Crippen LogP contribution is 2.03. The van der Waals surface area contributed by atoms with Crippen molar-refractivity contribution in [1.29, 1.82) is 0 Å². The number of imide groups is 1. The summed E-state index contributed by atoms with van der Waals surface area (Å²) in [6.45, 7) is 2.84. The topological polar surface area (TPSA) is 94.2 Å². The molecule has 8 nitrogen and oxygen atoms in total. The fraction of sp³-hybridized carbons (Fsp3) is 0.643. The molecule has 0 bridgehead atoms. The molecular formula is C14H22N2O6. The van der Waals surface area contributed by atoms with Crippen molar-refractivity contribution in [1.82, 2.24) is 10.2 Å². The summed E-state index contributed by atoms with van der Waals surface area (Å²) in [5.41, 5.74) is 0. The fourth-order valence-electron chi connectivity index (χ4n) is 1.68. The zero-order valence-corrected chi connectivity index (χ0v) is 12.7. The molecule has 0 saturated carbocycles. The van der Waals surface area contributed by atoms with E-state index in [2.05, 4.69) is 5.32 Å². The van der Waals surface area contributed by atoms with Crippen LogP contribution in [0.4, 0.5) is 0 Å². The number of nitrogens with one attached hydrogen (secondary N) is 1. The van der Waals surface area contributed by atoms with Gasteiger partial charge in [-0.25, -0.2) is 0 Å². The highest BCUT2D eigenvalue weighted by molar-refractivity contribution is 6.13. The number of hydrogen-bond acceptors (Lipinski definition) is 6. The van der Waals surface area contributed by atoms with Crippen molar-refractivity contribution in [3.63, 3.8) is 0 Å². The van der Waals surface area contributed by atoms with Gasteiger partial charge in [0.25, 0.3) is 11.8 Å². The minimum atomic E-state index is -0.380. The molecule has 0 aromatic carbocycles. The summed E-state index contributed by atoms with van der Waals surface area (Å²) in [6.07, 6.45) is 2.48. The van der Waals surface area contributed by atoms with Crippen LogP contribution < -0.4 is 5.32 Å². The predicted octanol–water partition coefficient (Wildman–Crippen LogP) is -0.903. The number of nitrogens with zero attached hydrogens (tertiary/aromatic N) is 1. The average molecular weight is 314 g/mol. The average Bonchev–Trinajstić information content (AvgIpc) is 2.82.